The average molecular weight is 256 g/mol. The van der Waals surface area contributed by atoms with Gasteiger partial charge in [0.05, 0.1) is 0 Å². The van der Waals surface area contributed by atoms with Gasteiger partial charge >= 0.3 is 0 Å². The van der Waals surface area contributed by atoms with Gasteiger partial charge < -0.3 is 0 Å². The van der Waals surface area contributed by atoms with Gasteiger partial charge in [0, 0.05) is 5.56 Å². The summed E-state index contributed by atoms with van der Waals surface area (Å²) in [5.41, 5.74) is 0.966. The SMILES string of the molecule is CCCc1c(Cl)ncnc1Sc1ncn[nH]1. The van der Waals surface area contributed by atoms with E-state index in [1.54, 1.807) is 0 Å². The molecule has 2 aromatic heterocycles. The lowest BCUT2D eigenvalue weighted by Crippen LogP contribution is -1.95. The summed E-state index contributed by atoms with van der Waals surface area (Å²) in [5.74, 6) is 0. The fraction of sp³-hybridized carbons (Fsp3) is 0.333. The van der Waals surface area contributed by atoms with Gasteiger partial charge in [0.1, 0.15) is 22.8 Å². The Morgan fingerprint density at radius 2 is 2.19 bits per heavy atom. The number of aromatic amines is 1. The van der Waals surface area contributed by atoms with E-state index in [1.165, 1.54) is 24.4 Å². The van der Waals surface area contributed by atoms with E-state index in [-0.39, 0.29) is 0 Å². The molecule has 0 saturated carbocycles. The summed E-state index contributed by atoms with van der Waals surface area (Å²) in [7, 11) is 0. The van der Waals surface area contributed by atoms with Gasteiger partial charge in [-0.15, -0.1) is 0 Å². The monoisotopic (exact) mass is 255 g/mol. The van der Waals surface area contributed by atoms with Crippen LogP contribution in [0.5, 0.6) is 0 Å². The van der Waals surface area contributed by atoms with Crippen LogP contribution in [-0.4, -0.2) is 25.1 Å². The molecule has 0 aromatic carbocycles. The van der Waals surface area contributed by atoms with E-state index >= 15 is 0 Å². The Hall–Kier alpha value is -1.14. The largest absolute Gasteiger partial charge is 0.254 e. The van der Waals surface area contributed by atoms with Crippen LogP contribution in [0.4, 0.5) is 0 Å². The second-order valence-corrected chi connectivity index (χ2v) is 4.43. The van der Waals surface area contributed by atoms with Gasteiger partial charge in [-0.25, -0.2) is 15.0 Å². The van der Waals surface area contributed by atoms with E-state index in [0.29, 0.717) is 10.3 Å². The lowest BCUT2D eigenvalue weighted by molar-refractivity contribution is 0.852. The molecule has 0 radical (unpaired) electrons. The number of nitrogens with one attached hydrogen (secondary N) is 1. The maximum atomic E-state index is 6.04. The van der Waals surface area contributed by atoms with E-state index in [2.05, 4.69) is 32.1 Å². The van der Waals surface area contributed by atoms with Crippen molar-refractivity contribution < 1.29 is 0 Å². The molecule has 0 spiro atoms. The van der Waals surface area contributed by atoms with Gasteiger partial charge in [-0.3, -0.25) is 5.10 Å². The molecule has 0 amide bonds. The molecule has 0 bridgehead atoms. The van der Waals surface area contributed by atoms with Gasteiger partial charge in [0.25, 0.3) is 0 Å². The summed E-state index contributed by atoms with van der Waals surface area (Å²) >= 11 is 7.45. The second kappa shape index (κ2) is 5.27. The van der Waals surface area contributed by atoms with E-state index in [4.69, 9.17) is 11.6 Å². The highest BCUT2D eigenvalue weighted by atomic mass is 35.5. The number of halogens is 1. The molecule has 0 aliphatic heterocycles. The lowest BCUT2D eigenvalue weighted by atomic mass is 10.2. The van der Waals surface area contributed by atoms with Crippen LogP contribution < -0.4 is 0 Å². The quantitative estimate of drug-likeness (QED) is 0.850. The van der Waals surface area contributed by atoms with Crippen molar-refractivity contribution in [2.45, 2.75) is 29.9 Å². The molecule has 2 heterocycles. The first-order valence-electron chi connectivity index (χ1n) is 4.84. The van der Waals surface area contributed by atoms with Crippen LogP contribution in [0.15, 0.2) is 22.8 Å². The van der Waals surface area contributed by atoms with Gasteiger partial charge in [0.2, 0.25) is 0 Å². The zero-order chi connectivity index (χ0) is 11.4. The predicted octanol–water partition coefficient (Wildman–Crippen LogP) is 2.35. The van der Waals surface area contributed by atoms with Crippen molar-refractivity contribution in [1.29, 1.82) is 0 Å². The molecule has 1 N–H and O–H groups in total. The minimum absolute atomic E-state index is 0.513. The van der Waals surface area contributed by atoms with Crippen molar-refractivity contribution in [3.8, 4) is 0 Å². The minimum Gasteiger partial charge on any atom is -0.254 e. The minimum atomic E-state index is 0.513. The maximum absolute atomic E-state index is 6.04. The van der Waals surface area contributed by atoms with Crippen LogP contribution in [0.3, 0.4) is 0 Å². The van der Waals surface area contributed by atoms with Gasteiger partial charge in [-0.05, 0) is 18.2 Å². The number of aromatic nitrogens is 5. The number of nitrogens with zero attached hydrogens (tertiary/aromatic N) is 4. The molecule has 0 atom stereocenters. The van der Waals surface area contributed by atoms with E-state index in [9.17, 15) is 0 Å². The van der Waals surface area contributed by atoms with Crippen LogP contribution in [0.25, 0.3) is 0 Å². The summed E-state index contributed by atoms with van der Waals surface area (Å²) in [6.07, 6.45) is 4.78. The van der Waals surface area contributed by atoms with Crippen LogP contribution in [0.2, 0.25) is 5.15 Å². The highest BCUT2D eigenvalue weighted by Crippen LogP contribution is 2.29. The molecule has 0 unspecified atom stereocenters. The smallest absolute Gasteiger partial charge is 0.189 e. The Labute approximate surface area is 102 Å². The maximum Gasteiger partial charge on any atom is 0.189 e. The van der Waals surface area contributed by atoms with Crippen molar-refractivity contribution in [2.24, 2.45) is 0 Å². The Morgan fingerprint density at radius 1 is 1.31 bits per heavy atom. The Bertz CT molecular complexity index is 459. The summed E-state index contributed by atoms with van der Waals surface area (Å²) in [6.45, 7) is 2.09. The molecule has 0 saturated heterocycles. The number of rotatable bonds is 4. The summed E-state index contributed by atoms with van der Waals surface area (Å²) < 4.78 is 0. The summed E-state index contributed by atoms with van der Waals surface area (Å²) in [5, 5.41) is 8.60. The average Bonchev–Trinajstić information content (AvgIpc) is 2.76. The highest BCUT2D eigenvalue weighted by Gasteiger charge is 2.11. The Morgan fingerprint density at radius 3 is 2.88 bits per heavy atom. The fourth-order valence-electron chi connectivity index (χ4n) is 1.26. The third-order valence-corrected chi connectivity index (χ3v) is 3.20. The van der Waals surface area contributed by atoms with E-state index in [1.807, 2.05) is 0 Å². The van der Waals surface area contributed by atoms with Crippen molar-refractivity contribution in [3.05, 3.63) is 23.4 Å². The van der Waals surface area contributed by atoms with Crippen molar-refractivity contribution in [2.75, 3.05) is 0 Å². The molecule has 2 aromatic rings. The number of hydrogen-bond donors (Lipinski definition) is 1. The molecule has 84 valence electrons. The molecule has 0 aliphatic carbocycles. The first kappa shape index (κ1) is 11.3. The zero-order valence-electron chi connectivity index (χ0n) is 8.64. The third kappa shape index (κ3) is 2.51. The van der Waals surface area contributed by atoms with Gasteiger partial charge in [0.15, 0.2) is 5.16 Å². The fourth-order valence-corrected chi connectivity index (χ4v) is 2.35. The molecule has 2 rings (SSSR count). The van der Waals surface area contributed by atoms with Gasteiger partial charge in [-0.2, -0.15) is 5.10 Å². The van der Waals surface area contributed by atoms with Crippen LogP contribution in [0.1, 0.15) is 18.9 Å². The predicted molar refractivity (Wildman–Crippen MR) is 61.5 cm³/mol. The van der Waals surface area contributed by atoms with E-state index in [0.717, 1.165) is 23.4 Å². The van der Waals surface area contributed by atoms with Crippen LogP contribution in [-0.2, 0) is 6.42 Å². The first-order chi connectivity index (χ1) is 7.81. The number of H-pyrrole nitrogens is 1. The molecular weight excluding hydrogens is 246 g/mol. The molecular formula is C9H10ClN5S. The van der Waals surface area contributed by atoms with Gasteiger partial charge in [-0.1, -0.05) is 24.9 Å². The standard InChI is InChI=1S/C9H10ClN5S/c1-2-3-6-7(10)11-4-12-8(6)16-9-13-5-14-15-9/h4-5H,2-3H2,1H3,(H,13,14,15). The molecule has 7 heteroatoms. The number of hydrogen-bond acceptors (Lipinski definition) is 5. The summed E-state index contributed by atoms with van der Waals surface area (Å²) in [6, 6.07) is 0. The molecule has 0 fully saturated rings. The van der Waals surface area contributed by atoms with Crippen molar-refractivity contribution in [3.63, 3.8) is 0 Å². The van der Waals surface area contributed by atoms with Crippen LogP contribution in [0, 0.1) is 0 Å². The first-order valence-corrected chi connectivity index (χ1v) is 6.03. The lowest BCUT2D eigenvalue weighted by Gasteiger charge is -2.06. The topological polar surface area (TPSA) is 67.3 Å². The highest BCUT2D eigenvalue weighted by molar-refractivity contribution is 7.99. The summed E-state index contributed by atoms with van der Waals surface area (Å²) in [4.78, 5) is 12.2. The normalized spacial score (nSPS) is 10.6. The van der Waals surface area contributed by atoms with Crippen LogP contribution >= 0.6 is 23.4 Å². The molecule has 5 nitrogen and oxygen atoms in total. The second-order valence-electron chi connectivity index (χ2n) is 3.09. The molecule has 16 heavy (non-hydrogen) atoms. The Balaban J connectivity index is 2.29. The molecule has 0 aliphatic rings. The third-order valence-electron chi connectivity index (χ3n) is 1.94. The van der Waals surface area contributed by atoms with E-state index < -0.39 is 0 Å². The zero-order valence-corrected chi connectivity index (χ0v) is 10.2. The van der Waals surface area contributed by atoms with Crippen molar-refractivity contribution in [1.82, 2.24) is 25.1 Å². The Kier molecular flexibility index (Phi) is 3.74. The van der Waals surface area contributed by atoms with Crippen molar-refractivity contribution >= 4 is 23.4 Å².